The Morgan fingerprint density at radius 1 is 1.48 bits per heavy atom. The highest BCUT2D eigenvalue weighted by molar-refractivity contribution is 5.99. The number of hydrogen-bond donors (Lipinski definition) is 2. The molecular weight excluding hydrogens is 277 g/mol. The number of hydrogen-bond acceptors (Lipinski definition) is 4. The van der Waals surface area contributed by atoms with Crippen molar-refractivity contribution in [2.24, 2.45) is 5.41 Å². The van der Waals surface area contributed by atoms with E-state index in [4.69, 9.17) is 0 Å². The number of carbonyl (C=O) groups excluding carboxylic acids is 1. The quantitative estimate of drug-likeness (QED) is 0.624. The van der Waals surface area contributed by atoms with Gasteiger partial charge in [0.1, 0.15) is 5.56 Å². The lowest BCUT2D eigenvalue weighted by molar-refractivity contribution is -0.385. The SMILES string of the molecule is CCC1(CNC(=O)c2cc(NC)c(F)cc2[N+](=O)[O-])CC1. The molecule has 1 amide bonds. The van der Waals surface area contributed by atoms with Crippen LogP contribution in [-0.2, 0) is 0 Å². The smallest absolute Gasteiger partial charge is 0.285 e. The van der Waals surface area contributed by atoms with E-state index in [-0.39, 0.29) is 16.7 Å². The van der Waals surface area contributed by atoms with Crippen LogP contribution < -0.4 is 10.6 Å². The first-order valence-corrected chi connectivity index (χ1v) is 6.86. The van der Waals surface area contributed by atoms with Gasteiger partial charge in [-0.15, -0.1) is 0 Å². The first-order chi connectivity index (χ1) is 9.92. The molecule has 1 fully saturated rings. The van der Waals surface area contributed by atoms with Gasteiger partial charge in [-0.3, -0.25) is 14.9 Å². The molecule has 21 heavy (non-hydrogen) atoms. The fourth-order valence-electron chi connectivity index (χ4n) is 2.28. The second-order valence-corrected chi connectivity index (χ2v) is 5.39. The number of rotatable bonds is 6. The molecule has 0 aliphatic heterocycles. The molecule has 0 bridgehead atoms. The van der Waals surface area contributed by atoms with Crippen LogP contribution in [0.2, 0.25) is 0 Å². The van der Waals surface area contributed by atoms with E-state index in [0.717, 1.165) is 25.3 Å². The Hall–Kier alpha value is -2.18. The molecule has 0 atom stereocenters. The molecule has 7 heteroatoms. The number of amides is 1. The van der Waals surface area contributed by atoms with Gasteiger partial charge in [0.15, 0.2) is 5.82 Å². The van der Waals surface area contributed by atoms with Crippen LogP contribution in [0.1, 0.15) is 36.5 Å². The van der Waals surface area contributed by atoms with Crippen molar-refractivity contribution in [1.29, 1.82) is 0 Å². The van der Waals surface area contributed by atoms with Crippen LogP contribution in [0.3, 0.4) is 0 Å². The van der Waals surface area contributed by atoms with Gasteiger partial charge in [0.25, 0.3) is 11.6 Å². The first-order valence-electron chi connectivity index (χ1n) is 6.86. The van der Waals surface area contributed by atoms with Crippen molar-refractivity contribution < 1.29 is 14.1 Å². The van der Waals surface area contributed by atoms with E-state index >= 15 is 0 Å². The van der Waals surface area contributed by atoms with E-state index in [9.17, 15) is 19.3 Å². The Bertz CT molecular complexity index is 585. The van der Waals surface area contributed by atoms with Crippen LogP contribution in [0.25, 0.3) is 0 Å². The third-order valence-corrected chi connectivity index (χ3v) is 4.13. The van der Waals surface area contributed by atoms with Gasteiger partial charge in [0.05, 0.1) is 16.7 Å². The summed E-state index contributed by atoms with van der Waals surface area (Å²) < 4.78 is 13.6. The number of anilines is 1. The van der Waals surface area contributed by atoms with Gasteiger partial charge >= 0.3 is 0 Å². The lowest BCUT2D eigenvalue weighted by Gasteiger charge is -2.14. The summed E-state index contributed by atoms with van der Waals surface area (Å²) in [6, 6.07) is 1.95. The van der Waals surface area contributed by atoms with Crippen LogP contribution in [-0.4, -0.2) is 24.4 Å². The van der Waals surface area contributed by atoms with Crippen molar-refractivity contribution >= 4 is 17.3 Å². The molecule has 0 heterocycles. The maximum atomic E-state index is 13.6. The minimum absolute atomic E-state index is 0.0578. The topological polar surface area (TPSA) is 84.3 Å². The van der Waals surface area contributed by atoms with Gasteiger partial charge in [0, 0.05) is 13.6 Å². The molecule has 1 aromatic rings. The average Bonchev–Trinajstić information content (AvgIpc) is 3.25. The van der Waals surface area contributed by atoms with Gasteiger partial charge in [-0.25, -0.2) is 4.39 Å². The Labute approximate surface area is 121 Å². The molecule has 0 aromatic heterocycles. The fraction of sp³-hybridized carbons (Fsp3) is 0.500. The van der Waals surface area contributed by atoms with Gasteiger partial charge in [0.2, 0.25) is 0 Å². The number of nitrogens with one attached hydrogen (secondary N) is 2. The molecule has 6 nitrogen and oxygen atoms in total. The summed E-state index contributed by atoms with van der Waals surface area (Å²) in [4.78, 5) is 22.4. The van der Waals surface area contributed by atoms with Crippen molar-refractivity contribution in [3.8, 4) is 0 Å². The van der Waals surface area contributed by atoms with Crippen molar-refractivity contribution in [1.82, 2.24) is 5.32 Å². The molecule has 0 radical (unpaired) electrons. The zero-order chi connectivity index (χ0) is 15.6. The van der Waals surface area contributed by atoms with Gasteiger partial charge in [-0.1, -0.05) is 6.92 Å². The van der Waals surface area contributed by atoms with Gasteiger partial charge in [-0.05, 0) is 30.7 Å². The molecule has 1 saturated carbocycles. The molecule has 1 aliphatic rings. The molecule has 2 rings (SSSR count). The number of nitro groups is 1. The summed E-state index contributed by atoms with van der Waals surface area (Å²) in [5.41, 5.74) is -0.457. The van der Waals surface area contributed by atoms with Crippen molar-refractivity contribution in [3.05, 3.63) is 33.6 Å². The Kier molecular flexibility index (Phi) is 4.11. The van der Waals surface area contributed by atoms with E-state index < -0.39 is 22.3 Å². The zero-order valence-corrected chi connectivity index (χ0v) is 12.0. The monoisotopic (exact) mass is 295 g/mol. The van der Waals surface area contributed by atoms with E-state index in [2.05, 4.69) is 17.6 Å². The van der Waals surface area contributed by atoms with Gasteiger partial charge < -0.3 is 10.6 Å². The highest BCUT2D eigenvalue weighted by Gasteiger charge is 2.41. The Balaban J connectivity index is 2.24. The molecule has 0 unspecified atom stereocenters. The van der Waals surface area contributed by atoms with Crippen molar-refractivity contribution in [3.63, 3.8) is 0 Å². The van der Waals surface area contributed by atoms with E-state index in [1.54, 1.807) is 0 Å². The number of nitrogens with zero attached hydrogens (tertiary/aromatic N) is 1. The minimum Gasteiger partial charge on any atom is -0.386 e. The number of benzene rings is 1. The zero-order valence-electron chi connectivity index (χ0n) is 12.0. The average molecular weight is 295 g/mol. The Morgan fingerprint density at radius 2 is 2.14 bits per heavy atom. The van der Waals surface area contributed by atoms with Crippen LogP contribution >= 0.6 is 0 Å². The van der Waals surface area contributed by atoms with Crippen LogP contribution in [0, 0.1) is 21.3 Å². The number of carbonyl (C=O) groups is 1. The van der Waals surface area contributed by atoms with Crippen molar-refractivity contribution in [2.45, 2.75) is 26.2 Å². The third kappa shape index (κ3) is 3.12. The van der Waals surface area contributed by atoms with Crippen LogP contribution in [0.4, 0.5) is 15.8 Å². The molecule has 2 N–H and O–H groups in total. The van der Waals surface area contributed by atoms with E-state index in [1.165, 1.54) is 13.1 Å². The first kappa shape index (κ1) is 15.2. The highest BCUT2D eigenvalue weighted by atomic mass is 19.1. The van der Waals surface area contributed by atoms with Crippen LogP contribution in [0.5, 0.6) is 0 Å². The summed E-state index contributed by atoms with van der Waals surface area (Å²) in [5, 5.41) is 16.3. The molecule has 0 spiro atoms. The summed E-state index contributed by atoms with van der Waals surface area (Å²) in [5.74, 6) is -1.30. The maximum Gasteiger partial charge on any atom is 0.285 e. The molecule has 114 valence electrons. The number of halogens is 1. The summed E-state index contributed by atoms with van der Waals surface area (Å²) in [7, 11) is 1.49. The molecule has 1 aromatic carbocycles. The Morgan fingerprint density at radius 3 is 2.62 bits per heavy atom. The van der Waals surface area contributed by atoms with Crippen LogP contribution in [0.15, 0.2) is 12.1 Å². The lowest BCUT2D eigenvalue weighted by Crippen LogP contribution is -2.30. The maximum absolute atomic E-state index is 13.6. The summed E-state index contributed by atoms with van der Waals surface area (Å²) >= 11 is 0. The second kappa shape index (κ2) is 5.67. The molecular formula is C14H18FN3O3. The van der Waals surface area contributed by atoms with Gasteiger partial charge in [-0.2, -0.15) is 0 Å². The molecule has 0 saturated heterocycles. The third-order valence-electron chi connectivity index (χ3n) is 4.13. The summed E-state index contributed by atoms with van der Waals surface area (Å²) in [6.07, 6.45) is 3.06. The predicted octanol–water partition coefficient (Wildman–Crippen LogP) is 2.70. The highest BCUT2D eigenvalue weighted by Crippen LogP contribution is 2.47. The largest absolute Gasteiger partial charge is 0.386 e. The second-order valence-electron chi connectivity index (χ2n) is 5.39. The van der Waals surface area contributed by atoms with E-state index in [0.29, 0.717) is 6.54 Å². The predicted molar refractivity (Wildman–Crippen MR) is 76.9 cm³/mol. The molecule has 1 aliphatic carbocycles. The van der Waals surface area contributed by atoms with Crippen molar-refractivity contribution in [2.75, 3.05) is 18.9 Å². The minimum atomic E-state index is -0.757. The standard InChI is InChI=1S/C14H18FN3O3/c1-3-14(4-5-14)8-17-13(19)9-6-11(16-2)10(15)7-12(9)18(20)21/h6-7,16H,3-5,8H2,1-2H3,(H,17,19). The normalized spacial score (nSPS) is 15.4. The fourth-order valence-corrected chi connectivity index (χ4v) is 2.28. The lowest BCUT2D eigenvalue weighted by atomic mass is 10.0. The summed E-state index contributed by atoms with van der Waals surface area (Å²) in [6.45, 7) is 2.55. The van der Waals surface area contributed by atoms with E-state index in [1.807, 2.05) is 0 Å². The number of nitro benzene ring substituents is 1.